The van der Waals surface area contributed by atoms with Crippen molar-refractivity contribution < 1.29 is 8.78 Å². The second-order valence-corrected chi connectivity index (χ2v) is 5.90. The van der Waals surface area contributed by atoms with Crippen molar-refractivity contribution in [3.05, 3.63) is 35.4 Å². The van der Waals surface area contributed by atoms with Crippen LogP contribution in [0.1, 0.15) is 31.2 Å². The second-order valence-electron chi connectivity index (χ2n) is 5.90. The van der Waals surface area contributed by atoms with Gasteiger partial charge in [0, 0.05) is 6.04 Å². The van der Waals surface area contributed by atoms with Gasteiger partial charge in [0.05, 0.1) is 0 Å². The molecule has 3 N–H and O–H groups in total. The van der Waals surface area contributed by atoms with Crippen LogP contribution in [0.3, 0.4) is 0 Å². The van der Waals surface area contributed by atoms with Crippen molar-refractivity contribution in [1.82, 2.24) is 5.43 Å². The van der Waals surface area contributed by atoms with E-state index in [9.17, 15) is 8.78 Å². The molecule has 1 aromatic rings. The highest BCUT2D eigenvalue weighted by Gasteiger charge is 2.53. The SMILES string of the molecule is NNC(Cc1cc(F)ccc1F)C1C2CCCCC21. The van der Waals surface area contributed by atoms with E-state index in [1.54, 1.807) is 0 Å². The van der Waals surface area contributed by atoms with Crippen LogP contribution in [0.25, 0.3) is 0 Å². The Kier molecular flexibility index (Phi) is 3.54. The molecule has 2 aliphatic rings. The summed E-state index contributed by atoms with van der Waals surface area (Å²) in [5.41, 5.74) is 3.25. The van der Waals surface area contributed by atoms with Crippen LogP contribution in [0.5, 0.6) is 0 Å². The van der Waals surface area contributed by atoms with Gasteiger partial charge in [0.25, 0.3) is 0 Å². The van der Waals surface area contributed by atoms with Gasteiger partial charge in [-0.25, -0.2) is 8.78 Å². The number of hydrogen-bond donors (Lipinski definition) is 2. The van der Waals surface area contributed by atoms with Gasteiger partial charge in [-0.3, -0.25) is 11.3 Å². The van der Waals surface area contributed by atoms with Crippen LogP contribution >= 0.6 is 0 Å². The van der Waals surface area contributed by atoms with Gasteiger partial charge in [0.2, 0.25) is 0 Å². The molecule has 0 heterocycles. The molecule has 3 atom stereocenters. The quantitative estimate of drug-likeness (QED) is 0.649. The number of hydrogen-bond acceptors (Lipinski definition) is 2. The van der Waals surface area contributed by atoms with Crippen LogP contribution in [-0.2, 0) is 6.42 Å². The average molecular weight is 266 g/mol. The molecule has 3 unspecified atom stereocenters. The van der Waals surface area contributed by atoms with Crippen LogP contribution in [-0.4, -0.2) is 6.04 Å². The van der Waals surface area contributed by atoms with E-state index in [-0.39, 0.29) is 17.7 Å². The monoisotopic (exact) mass is 266 g/mol. The predicted octanol–water partition coefficient (Wildman–Crippen LogP) is 2.78. The van der Waals surface area contributed by atoms with Crippen molar-refractivity contribution in [2.45, 2.75) is 38.1 Å². The standard InChI is InChI=1S/C15H20F2N2/c16-10-5-6-13(17)9(7-10)8-14(19-18)15-11-3-1-2-4-12(11)15/h5-7,11-12,14-15,19H,1-4,8,18H2. The molecule has 4 heteroatoms. The minimum atomic E-state index is -0.389. The summed E-state index contributed by atoms with van der Waals surface area (Å²) in [7, 11) is 0. The Hall–Kier alpha value is -1.00. The number of halogens is 2. The highest BCUT2D eigenvalue weighted by Crippen LogP contribution is 2.57. The molecule has 19 heavy (non-hydrogen) atoms. The molecule has 3 rings (SSSR count). The fraction of sp³-hybridized carbons (Fsp3) is 0.600. The number of nitrogens with one attached hydrogen (secondary N) is 1. The van der Waals surface area contributed by atoms with E-state index in [0.717, 1.165) is 17.9 Å². The molecule has 2 nitrogen and oxygen atoms in total. The van der Waals surface area contributed by atoms with Crippen molar-refractivity contribution in [3.63, 3.8) is 0 Å². The van der Waals surface area contributed by atoms with Crippen LogP contribution in [0.15, 0.2) is 18.2 Å². The number of nitrogens with two attached hydrogens (primary N) is 1. The van der Waals surface area contributed by atoms with Gasteiger partial charge >= 0.3 is 0 Å². The van der Waals surface area contributed by atoms with E-state index in [4.69, 9.17) is 5.84 Å². The maximum absolute atomic E-state index is 13.7. The molecule has 0 spiro atoms. The molecule has 2 fully saturated rings. The highest BCUT2D eigenvalue weighted by molar-refractivity contribution is 5.21. The first kappa shape index (κ1) is 13.0. The van der Waals surface area contributed by atoms with E-state index in [2.05, 4.69) is 5.43 Å². The lowest BCUT2D eigenvalue weighted by atomic mass is 10.00. The molecule has 0 aliphatic heterocycles. The van der Waals surface area contributed by atoms with E-state index in [1.165, 1.54) is 37.8 Å². The van der Waals surface area contributed by atoms with Gasteiger partial charge in [-0.2, -0.15) is 0 Å². The van der Waals surface area contributed by atoms with Gasteiger partial charge in [-0.1, -0.05) is 12.8 Å². The summed E-state index contributed by atoms with van der Waals surface area (Å²) in [5, 5.41) is 0. The maximum Gasteiger partial charge on any atom is 0.126 e. The topological polar surface area (TPSA) is 38.0 Å². The van der Waals surface area contributed by atoms with Gasteiger partial charge in [-0.05, 0) is 60.8 Å². The van der Waals surface area contributed by atoms with E-state index in [1.807, 2.05) is 0 Å². The van der Waals surface area contributed by atoms with Gasteiger partial charge < -0.3 is 0 Å². The van der Waals surface area contributed by atoms with E-state index < -0.39 is 0 Å². The molecule has 0 bridgehead atoms. The first-order valence-corrected chi connectivity index (χ1v) is 7.10. The summed E-state index contributed by atoms with van der Waals surface area (Å²) in [4.78, 5) is 0. The van der Waals surface area contributed by atoms with E-state index in [0.29, 0.717) is 17.9 Å². The zero-order valence-electron chi connectivity index (χ0n) is 10.9. The third-order valence-electron chi connectivity index (χ3n) is 4.85. The molecule has 2 saturated carbocycles. The number of rotatable bonds is 4. The van der Waals surface area contributed by atoms with Gasteiger partial charge in [-0.15, -0.1) is 0 Å². The Morgan fingerprint density at radius 3 is 2.53 bits per heavy atom. The van der Waals surface area contributed by atoms with Crippen molar-refractivity contribution >= 4 is 0 Å². The normalized spacial score (nSPS) is 30.8. The Morgan fingerprint density at radius 2 is 1.89 bits per heavy atom. The minimum Gasteiger partial charge on any atom is -0.271 e. The lowest BCUT2D eigenvalue weighted by Gasteiger charge is -2.16. The molecular weight excluding hydrogens is 246 g/mol. The Balaban J connectivity index is 1.72. The Morgan fingerprint density at radius 1 is 1.21 bits per heavy atom. The first-order chi connectivity index (χ1) is 9.20. The Bertz CT molecular complexity index is 451. The summed E-state index contributed by atoms with van der Waals surface area (Å²) in [5.74, 6) is 6.93. The third kappa shape index (κ3) is 2.51. The van der Waals surface area contributed by atoms with Crippen molar-refractivity contribution in [2.75, 3.05) is 0 Å². The van der Waals surface area contributed by atoms with E-state index >= 15 is 0 Å². The zero-order chi connectivity index (χ0) is 13.4. The largest absolute Gasteiger partial charge is 0.271 e. The second kappa shape index (κ2) is 5.17. The predicted molar refractivity (Wildman–Crippen MR) is 70.1 cm³/mol. The highest BCUT2D eigenvalue weighted by atomic mass is 19.1. The summed E-state index contributed by atoms with van der Waals surface area (Å²) >= 11 is 0. The smallest absolute Gasteiger partial charge is 0.126 e. The molecule has 1 aromatic carbocycles. The van der Waals surface area contributed by atoms with Crippen molar-refractivity contribution in [2.24, 2.45) is 23.6 Å². The van der Waals surface area contributed by atoms with Crippen LogP contribution in [0, 0.1) is 29.4 Å². The minimum absolute atomic E-state index is 0.0596. The van der Waals surface area contributed by atoms with Crippen molar-refractivity contribution in [3.8, 4) is 0 Å². The molecule has 2 aliphatic carbocycles. The molecule has 0 saturated heterocycles. The molecule has 0 amide bonds. The third-order valence-corrected chi connectivity index (χ3v) is 4.85. The number of benzene rings is 1. The summed E-state index contributed by atoms with van der Waals surface area (Å²) in [6.45, 7) is 0. The molecule has 0 radical (unpaired) electrons. The lowest BCUT2D eigenvalue weighted by Crippen LogP contribution is -2.39. The van der Waals surface area contributed by atoms with Crippen LogP contribution in [0.4, 0.5) is 8.78 Å². The first-order valence-electron chi connectivity index (χ1n) is 7.10. The lowest BCUT2D eigenvalue weighted by molar-refractivity contribution is 0.429. The maximum atomic E-state index is 13.7. The molecular formula is C15H20F2N2. The Labute approximate surface area is 112 Å². The summed E-state index contributed by atoms with van der Waals surface area (Å²) in [6, 6.07) is 3.69. The van der Waals surface area contributed by atoms with Crippen LogP contribution < -0.4 is 11.3 Å². The van der Waals surface area contributed by atoms with Crippen molar-refractivity contribution in [1.29, 1.82) is 0 Å². The van der Waals surface area contributed by atoms with Gasteiger partial charge in [0.15, 0.2) is 0 Å². The van der Waals surface area contributed by atoms with Crippen LogP contribution in [0.2, 0.25) is 0 Å². The molecule has 104 valence electrons. The average Bonchev–Trinajstić information content (AvgIpc) is 3.14. The molecule has 0 aromatic heterocycles. The zero-order valence-corrected chi connectivity index (χ0v) is 10.9. The number of fused-ring (bicyclic) bond motifs is 1. The fourth-order valence-corrected chi connectivity index (χ4v) is 3.89. The summed E-state index contributed by atoms with van der Waals surface area (Å²) < 4.78 is 26.9. The fourth-order valence-electron chi connectivity index (χ4n) is 3.89. The number of hydrazine groups is 1. The summed E-state index contributed by atoms with van der Waals surface area (Å²) in [6.07, 6.45) is 5.59. The van der Waals surface area contributed by atoms with Gasteiger partial charge in [0.1, 0.15) is 11.6 Å².